The lowest BCUT2D eigenvalue weighted by Crippen LogP contribution is -2.34. The minimum atomic E-state index is -1.26. The van der Waals surface area contributed by atoms with E-state index in [1.165, 1.54) is 11.3 Å². The maximum Gasteiger partial charge on any atom is 0.150 e. The summed E-state index contributed by atoms with van der Waals surface area (Å²) in [4.78, 5) is 0.640. The summed E-state index contributed by atoms with van der Waals surface area (Å²) < 4.78 is 0. The van der Waals surface area contributed by atoms with Crippen LogP contribution < -0.4 is 5.73 Å². The van der Waals surface area contributed by atoms with Crippen LogP contribution in [0.3, 0.4) is 0 Å². The fourth-order valence-corrected chi connectivity index (χ4v) is 2.07. The Bertz CT molecular complexity index is 246. The molecule has 3 N–H and O–H groups in total. The molecule has 0 saturated heterocycles. The SMILES string of the molecule is CCC(N)(O)c1sccc1Cl. The second kappa shape index (κ2) is 3.11. The molecule has 1 aromatic rings. The first-order valence-electron chi connectivity index (χ1n) is 3.32. The number of hydrogen-bond donors (Lipinski definition) is 2. The summed E-state index contributed by atoms with van der Waals surface area (Å²) in [6.07, 6.45) is 0.466. The van der Waals surface area contributed by atoms with Crippen molar-refractivity contribution in [2.45, 2.75) is 19.1 Å². The van der Waals surface area contributed by atoms with Gasteiger partial charge < -0.3 is 5.11 Å². The lowest BCUT2D eigenvalue weighted by molar-refractivity contribution is 0.0434. The minimum Gasteiger partial charge on any atom is -0.371 e. The van der Waals surface area contributed by atoms with Crippen molar-refractivity contribution in [1.82, 2.24) is 0 Å². The molecule has 0 aliphatic rings. The van der Waals surface area contributed by atoms with Crippen LogP contribution in [0.2, 0.25) is 5.02 Å². The van der Waals surface area contributed by atoms with Crippen LogP contribution in [-0.4, -0.2) is 5.11 Å². The van der Waals surface area contributed by atoms with Gasteiger partial charge in [-0.3, -0.25) is 5.73 Å². The zero-order chi connectivity index (χ0) is 8.48. The van der Waals surface area contributed by atoms with Crippen molar-refractivity contribution in [3.05, 3.63) is 21.3 Å². The van der Waals surface area contributed by atoms with Gasteiger partial charge in [0.15, 0.2) is 0 Å². The molecule has 0 aliphatic heterocycles. The summed E-state index contributed by atoms with van der Waals surface area (Å²) in [5.74, 6) is 0. The number of halogens is 1. The fraction of sp³-hybridized carbons (Fsp3) is 0.429. The predicted octanol–water partition coefficient (Wildman–Crippen LogP) is 1.92. The summed E-state index contributed by atoms with van der Waals surface area (Å²) >= 11 is 7.15. The lowest BCUT2D eigenvalue weighted by atomic mass is 10.1. The van der Waals surface area contributed by atoms with E-state index in [0.717, 1.165) is 0 Å². The van der Waals surface area contributed by atoms with Gasteiger partial charge >= 0.3 is 0 Å². The molecule has 0 saturated carbocycles. The Kier molecular flexibility index (Phi) is 2.54. The van der Waals surface area contributed by atoms with Gasteiger partial charge in [-0.1, -0.05) is 18.5 Å². The third-order valence-corrected chi connectivity index (χ3v) is 3.06. The van der Waals surface area contributed by atoms with Gasteiger partial charge in [0.2, 0.25) is 0 Å². The summed E-state index contributed by atoms with van der Waals surface area (Å²) in [6, 6.07) is 1.73. The van der Waals surface area contributed by atoms with Gasteiger partial charge in [-0.15, -0.1) is 11.3 Å². The van der Waals surface area contributed by atoms with Crippen molar-refractivity contribution in [1.29, 1.82) is 0 Å². The van der Waals surface area contributed by atoms with Crippen LogP contribution in [0.1, 0.15) is 18.2 Å². The maximum atomic E-state index is 9.57. The molecule has 0 bridgehead atoms. The van der Waals surface area contributed by atoms with Crippen molar-refractivity contribution in [2.24, 2.45) is 5.73 Å². The first kappa shape index (κ1) is 9.00. The zero-order valence-electron chi connectivity index (χ0n) is 6.17. The Morgan fingerprint density at radius 2 is 2.45 bits per heavy atom. The normalized spacial score (nSPS) is 16.4. The number of thiophene rings is 1. The number of aliphatic hydroxyl groups is 1. The summed E-state index contributed by atoms with van der Waals surface area (Å²) in [6.45, 7) is 1.82. The molecule has 0 aliphatic carbocycles. The Morgan fingerprint density at radius 1 is 1.82 bits per heavy atom. The maximum absolute atomic E-state index is 9.57. The van der Waals surface area contributed by atoms with E-state index in [-0.39, 0.29) is 0 Å². The van der Waals surface area contributed by atoms with E-state index in [0.29, 0.717) is 16.3 Å². The molecule has 62 valence electrons. The molecule has 0 amide bonds. The standard InChI is InChI=1S/C7H10ClNOS/c1-2-7(9,10)6-5(8)3-4-11-6/h3-4,10H,2,9H2,1H3. The summed E-state index contributed by atoms with van der Waals surface area (Å²) in [7, 11) is 0. The summed E-state index contributed by atoms with van der Waals surface area (Å²) in [5, 5.41) is 11.9. The van der Waals surface area contributed by atoms with Crippen LogP contribution in [-0.2, 0) is 5.72 Å². The average Bonchev–Trinajstić information content (AvgIpc) is 2.36. The third-order valence-electron chi connectivity index (χ3n) is 1.55. The Balaban J connectivity index is 3.00. The minimum absolute atomic E-state index is 0.466. The smallest absolute Gasteiger partial charge is 0.150 e. The second-order valence-corrected chi connectivity index (χ2v) is 3.70. The zero-order valence-corrected chi connectivity index (χ0v) is 7.75. The van der Waals surface area contributed by atoms with Crippen LogP contribution in [0.5, 0.6) is 0 Å². The molecule has 4 heteroatoms. The van der Waals surface area contributed by atoms with Crippen molar-refractivity contribution >= 4 is 22.9 Å². The molecule has 0 spiro atoms. The van der Waals surface area contributed by atoms with Gasteiger partial charge in [0.1, 0.15) is 5.72 Å². The molecule has 1 heterocycles. The first-order valence-corrected chi connectivity index (χ1v) is 4.58. The highest BCUT2D eigenvalue weighted by Gasteiger charge is 2.25. The number of nitrogens with two attached hydrogens (primary N) is 1. The summed E-state index contributed by atoms with van der Waals surface area (Å²) in [5.41, 5.74) is 4.31. The predicted molar refractivity (Wildman–Crippen MR) is 47.7 cm³/mol. The first-order chi connectivity index (χ1) is 5.08. The monoisotopic (exact) mass is 191 g/mol. The number of hydrogen-bond acceptors (Lipinski definition) is 3. The molecular formula is C7H10ClNOS. The van der Waals surface area contributed by atoms with Crippen LogP contribution in [0.15, 0.2) is 11.4 Å². The van der Waals surface area contributed by atoms with Gasteiger partial charge in [-0.25, -0.2) is 0 Å². The quantitative estimate of drug-likeness (QED) is 0.702. The Hall–Kier alpha value is -0.0900. The molecule has 1 aromatic heterocycles. The van der Waals surface area contributed by atoms with E-state index in [9.17, 15) is 5.11 Å². The van der Waals surface area contributed by atoms with E-state index < -0.39 is 5.72 Å². The van der Waals surface area contributed by atoms with E-state index >= 15 is 0 Å². The van der Waals surface area contributed by atoms with Crippen LogP contribution in [0.25, 0.3) is 0 Å². The average molecular weight is 192 g/mol. The van der Waals surface area contributed by atoms with Gasteiger partial charge in [-0.2, -0.15) is 0 Å². The molecule has 1 unspecified atom stereocenters. The van der Waals surface area contributed by atoms with Crippen molar-refractivity contribution < 1.29 is 5.11 Å². The fourth-order valence-electron chi connectivity index (χ4n) is 0.763. The van der Waals surface area contributed by atoms with Gasteiger partial charge in [-0.05, 0) is 17.9 Å². The van der Waals surface area contributed by atoms with E-state index in [1.807, 2.05) is 12.3 Å². The van der Waals surface area contributed by atoms with Gasteiger partial charge in [0.25, 0.3) is 0 Å². The van der Waals surface area contributed by atoms with Gasteiger partial charge in [0.05, 0.1) is 9.90 Å². The van der Waals surface area contributed by atoms with Crippen molar-refractivity contribution in [3.8, 4) is 0 Å². The van der Waals surface area contributed by atoms with Crippen molar-refractivity contribution in [2.75, 3.05) is 0 Å². The Labute approximate surface area is 74.6 Å². The Morgan fingerprint density at radius 3 is 2.82 bits per heavy atom. The van der Waals surface area contributed by atoms with E-state index in [4.69, 9.17) is 17.3 Å². The van der Waals surface area contributed by atoms with E-state index in [1.54, 1.807) is 6.07 Å². The molecule has 11 heavy (non-hydrogen) atoms. The third kappa shape index (κ3) is 1.73. The molecule has 1 rings (SSSR count). The van der Waals surface area contributed by atoms with Crippen LogP contribution >= 0.6 is 22.9 Å². The van der Waals surface area contributed by atoms with E-state index in [2.05, 4.69) is 0 Å². The van der Waals surface area contributed by atoms with Crippen LogP contribution in [0.4, 0.5) is 0 Å². The lowest BCUT2D eigenvalue weighted by Gasteiger charge is -2.19. The topological polar surface area (TPSA) is 46.2 Å². The molecule has 2 nitrogen and oxygen atoms in total. The molecule has 0 radical (unpaired) electrons. The largest absolute Gasteiger partial charge is 0.371 e. The molecular weight excluding hydrogens is 182 g/mol. The second-order valence-electron chi connectivity index (χ2n) is 2.38. The molecule has 1 atom stereocenters. The van der Waals surface area contributed by atoms with Crippen LogP contribution in [0, 0.1) is 0 Å². The highest BCUT2D eigenvalue weighted by Crippen LogP contribution is 2.31. The molecule has 0 aromatic carbocycles. The highest BCUT2D eigenvalue weighted by molar-refractivity contribution is 7.10. The van der Waals surface area contributed by atoms with Gasteiger partial charge in [0, 0.05) is 0 Å². The molecule has 0 fully saturated rings. The van der Waals surface area contributed by atoms with Crippen molar-refractivity contribution in [3.63, 3.8) is 0 Å². The number of rotatable bonds is 2. The highest BCUT2D eigenvalue weighted by atomic mass is 35.5.